The highest BCUT2D eigenvalue weighted by Gasteiger charge is 2.14. The van der Waals surface area contributed by atoms with Crippen molar-refractivity contribution in [3.05, 3.63) is 45.6 Å². The Morgan fingerprint density at radius 1 is 1.29 bits per heavy atom. The SMILES string of the molecule is Cc1csc2nc(CSc3nc4ccccc4s3)c(Br)n12. The predicted molar refractivity (Wildman–Crippen MR) is 94.7 cm³/mol. The zero-order chi connectivity index (χ0) is 14.4. The van der Waals surface area contributed by atoms with E-state index in [1.54, 1.807) is 34.4 Å². The molecule has 0 amide bonds. The average Bonchev–Trinajstić information content (AvgIpc) is 3.13. The summed E-state index contributed by atoms with van der Waals surface area (Å²) in [5.41, 5.74) is 3.37. The number of thiazole rings is 2. The lowest BCUT2D eigenvalue weighted by Crippen LogP contribution is -1.85. The van der Waals surface area contributed by atoms with E-state index in [0.717, 1.165) is 30.9 Å². The molecule has 106 valence electrons. The van der Waals surface area contributed by atoms with Crippen LogP contribution in [0.1, 0.15) is 11.4 Å². The van der Waals surface area contributed by atoms with E-state index in [4.69, 9.17) is 4.98 Å². The third-order valence-electron chi connectivity index (χ3n) is 3.15. The molecule has 0 aliphatic rings. The van der Waals surface area contributed by atoms with Crippen molar-refractivity contribution >= 4 is 65.5 Å². The van der Waals surface area contributed by atoms with Gasteiger partial charge in [-0.3, -0.25) is 4.40 Å². The van der Waals surface area contributed by atoms with Gasteiger partial charge < -0.3 is 0 Å². The summed E-state index contributed by atoms with van der Waals surface area (Å²) in [6.07, 6.45) is 0. The molecule has 0 saturated carbocycles. The molecule has 0 aliphatic carbocycles. The summed E-state index contributed by atoms with van der Waals surface area (Å²) in [5, 5.41) is 2.12. The molecule has 0 fully saturated rings. The third kappa shape index (κ3) is 2.42. The first-order chi connectivity index (χ1) is 10.2. The number of imidazole rings is 1. The van der Waals surface area contributed by atoms with Crippen LogP contribution in [0.15, 0.2) is 38.6 Å². The number of thioether (sulfide) groups is 1. The number of rotatable bonds is 3. The lowest BCUT2D eigenvalue weighted by molar-refractivity contribution is 1.09. The molecule has 7 heteroatoms. The minimum absolute atomic E-state index is 0.828. The normalized spacial score (nSPS) is 11.7. The highest BCUT2D eigenvalue weighted by molar-refractivity contribution is 9.10. The summed E-state index contributed by atoms with van der Waals surface area (Å²) in [5.74, 6) is 0.828. The largest absolute Gasteiger partial charge is 0.282 e. The molecule has 0 spiro atoms. The lowest BCUT2D eigenvalue weighted by atomic mass is 10.3. The Morgan fingerprint density at radius 2 is 2.14 bits per heavy atom. The molecule has 0 saturated heterocycles. The first kappa shape index (κ1) is 13.8. The molecule has 0 N–H and O–H groups in total. The maximum Gasteiger partial charge on any atom is 0.195 e. The summed E-state index contributed by atoms with van der Waals surface area (Å²) < 4.78 is 5.54. The summed E-state index contributed by atoms with van der Waals surface area (Å²) >= 11 is 8.82. The molecule has 4 aromatic rings. The van der Waals surface area contributed by atoms with Crippen LogP contribution in [0.25, 0.3) is 15.2 Å². The van der Waals surface area contributed by atoms with Gasteiger partial charge in [0.2, 0.25) is 0 Å². The number of hydrogen-bond donors (Lipinski definition) is 0. The Balaban J connectivity index is 1.61. The van der Waals surface area contributed by atoms with Crippen LogP contribution in [0.3, 0.4) is 0 Å². The van der Waals surface area contributed by atoms with E-state index in [1.165, 1.54) is 10.4 Å². The fourth-order valence-corrected chi connectivity index (χ4v) is 6.00. The van der Waals surface area contributed by atoms with E-state index in [-0.39, 0.29) is 0 Å². The van der Waals surface area contributed by atoms with E-state index >= 15 is 0 Å². The molecule has 0 unspecified atom stereocenters. The number of benzene rings is 1. The second kappa shape index (κ2) is 5.39. The van der Waals surface area contributed by atoms with Crippen molar-refractivity contribution in [1.82, 2.24) is 14.4 Å². The Bertz CT molecular complexity index is 905. The van der Waals surface area contributed by atoms with E-state index < -0.39 is 0 Å². The van der Waals surface area contributed by atoms with Crippen molar-refractivity contribution in [3.8, 4) is 0 Å². The van der Waals surface area contributed by atoms with E-state index in [0.29, 0.717) is 0 Å². The van der Waals surface area contributed by atoms with E-state index in [9.17, 15) is 0 Å². The Hall–Kier alpha value is -0.890. The number of aromatic nitrogens is 3. The first-order valence-electron chi connectivity index (χ1n) is 6.31. The molecule has 21 heavy (non-hydrogen) atoms. The van der Waals surface area contributed by atoms with Crippen molar-refractivity contribution in [2.75, 3.05) is 0 Å². The van der Waals surface area contributed by atoms with Crippen LogP contribution in [0.5, 0.6) is 0 Å². The average molecular weight is 396 g/mol. The minimum atomic E-state index is 0.828. The van der Waals surface area contributed by atoms with Crippen LogP contribution in [0.4, 0.5) is 0 Å². The Labute approximate surface area is 142 Å². The van der Waals surface area contributed by atoms with Crippen LogP contribution in [0.2, 0.25) is 0 Å². The van der Waals surface area contributed by atoms with Crippen molar-refractivity contribution in [2.24, 2.45) is 0 Å². The maximum atomic E-state index is 4.69. The van der Waals surface area contributed by atoms with Gasteiger partial charge in [0.25, 0.3) is 0 Å². The standard InChI is InChI=1S/C14H10BrN3S3/c1-8-6-19-13-16-10(12(15)18(8)13)7-20-14-17-9-4-2-3-5-11(9)21-14/h2-6H,7H2,1H3. The molecule has 3 nitrogen and oxygen atoms in total. The number of halogens is 1. The molecular formula is C14H10BrN3S3. The van der Waals surface area contributed by atoms with Crippen LogP contribution >= 0.6 is 50.4 Å². The summed E-state index contributed by atoms with van der Waals surface area (Å²) in [6.45, 7) is 2.10. The van der Waals surface area contributed by atoms with E-state index in [1.807, 2.05) is 6.07 Å². The van der Waals surface area contributed by atoms with Gasteiger partial charge in [-0.15, -0.1) is 22.7 Å². The van der Waals surface area contributed by atoms with Gasteiger partial charge in [0.1, 0.15) is 4.60 Å². The van der Waals surface area contributed by atoms with Crippen molar-refractivity contribution in [3.63, 3.8) is 0 Å². The maximum absolute atomic E-state index is 4.69. The summed E-state index contributed by atoms with van der Waals surface area (Å²) in [6, 6.07) is 8.25. The third-order valence-corrected chi connectivity index (χ3v) is 7.10. The number of hydrogen-bond acceptors (Lipinski definition) is 5. The molecular weight excluding hydrogens is 386 g/mol. The highest BCUT2D eigenvalue weighted by Crippen LogP contribution is 2.34. The molecule has 3 aromatic heterocycles. The highest BCUT2D eigenvalue weighted by atomic mass is 79.9. The second-order valence-corrected chi connectivity index (χ2v) is 8.42. The van der Waals surface area contributed by atoms with Crippen LogP contribution in [-0.2, 0) is 5.75 Å². The van der Waals surface area contributed by atoms with Gasteiger partial charge in [0.05, 0.1) is 15.9 Å². The Morgan fingerprint density at radius 3 is 2.95 bits per heavy atom. The molecule has 4 rings (SSSR count). The van der Waals surface area contributed by atoms with Crippen molar-refractivity contribution in [1.29, 1.82) is 0 Å². The molecule has 0 atom stereocenters. The first-order valence-corrected chi connectivity index (χ1v) is 9.79. The zero-order valence-corrected chi connectivity index (χ0v) is 15.1. The van der Waals surface area contributed by atoms with Gasteiger partial charge in [-0.1, -0.05) is 23.9 Å². The Kier molecular flexibility index (Phi) is 3.53. The number of para-hydroxylation sites is 1. The number of fused-ring (bicyclic) bond motifs is 2. The molecule has 0 radical (unpaired) electrons. The molecule has 1 aromatic carbocycles. The van der Waals surface area contributed by atoms with Crippen LogP contribution in [-0.4, -0.2) is 14.4 Å². The van der Waals surface area contributed by atoms with Crippen LogP contribution < -0.4 is 0 Å². The van der Waals surface area contributed by atoms with Gasteiger partial charge in [-0.2, -0.15) is 0 Å². The lowest BCUT2D eigenvalue weighted by Gasteiger charge is -1.96. The number of nitrogens with zero attached hydrogens (tertiary/aromatic N) is 3. The van der Waals surface area contributed by atoms with E-state index in [2.05, 4.69) is 55.8 Å². The molecule has 3 heterocycles. The molecule has 0 bridgehead atoms. The zero-order valence-electron chi connectivity index (χ0n) is 11.0. The monoisotopic (exact) mass is 395 g/mol. The fraction of sp³-hybridized carbons (Fsp3) is 0.143. The van der Waals surface area contributed by atoms with Gasteiger partial charge in [0, 0.05) is 16.8 Å². The predicted octanol–water partition coefficient (Wildman–Crippen LogP) is 5.37. The second-order valence-electron chi connectivity index (χ2n) is 4.58. The fourth-order valence-electron chi connectivity index (χ4n) is 2.13. The van der Waals surface area contributed by atoms with Gasteiger partial charge in [-0.25, -0.2) is 9.97 Å². The van der Waals surface area contributed by atoms with Crippen molar-refractivity contribution in [2.45, 2.75) is 17.0 Å². The topological polar surface area (TPSA) is 30.2 Å². The quantitative estimate of drug-likeness (QED) is 0.436. The summed E-state index contributed by atoms with van der Waals surface area (Å²) in [4.78, 5) is 10.4. The van der Waals surface area contributed by atoms with Gasteiger partial charge >= 0.3 is 0 Å². The van der Waals surface area contributed by atoms with Crippen LogP contribution in [0, 0.1) is 6.92 Å². The van der Waals surface area contributed by atoms with Gasteiger partial charge in [0.15, 0.2) is 9.30 Å². The minimum Gasteiger partial charge on any atom is -0.282 e. The van der Waals surface area contributed by atoms with Gasteiger partial charge in [-0.05, 0) is 35.0 Å². The van der Waals surface area contributed by atoms with Crippen molar-refractivity contribution < 1.29 is 0 Å². The smallest absolute Gasteiger partial charge is 0.195 e. The number of aryl methyl sites for hydroxylation is 1. The summed E-state index contributed by atoms with van der Waals surface area (Å²) in [7, 11) is 0. The molecule has 0 aliphatic heterocycles.